The van der Waals surface area contributed by atoms with Crippen molar-refractivity contribution in [2.75, 3.05) is 22.9 Å². The maximum Gasteiger partial charge on any atom is 0.265 e. The van der Waals surface area contributed by atoms with Crippen molar-refractivity contribution >= 4 is 27.3 Å². The van der Waals surface area contributed by atoms with Crippen LogP contribution < -0.4 is 14.4 Å². The molecule has 0 heterocycles. The average Bonchev–Trinajstić information content (AvgIpc) is 2.66. The van der Waals surface area contributed by atoms with Crippen LogP contribution >= 0.6 is 0 Å². The molecule has 150 valence electrons. The molecule has 2 aromatic carbocycles. The summed E-state index contributed by atoms with van der Waals surface area (Å²) in [7, 11) is -1.90. The summed E-state index contributed by atoms with van der Waals surface area (Å²) in [4.78, 5) is 12.5. The van der Waals surface area contributed by atoms with Gasteiger partial charge in [-0.15, -0.1) is 0 Å². The first-order valence-electron chi connectivity index (χ1n) is 9.37. The van der Waals surface area contributed by atoms with Gasteiger partial charge in [0.1, 0.15) is 5.75 Å². The van der Waals surface area contributed by atoms with E-state index in [9.17, 15) is 13.2 Å². The molecule has 0 aliphatic heterocycles. The van der Waals surface area contributed by atoms with Crippen LogP contribution in [0.4, 0.5) is 11.4 Å². The molecule has 1 atom stereocenters. The lowest BCUT2D eigenvalue weighted by Gasteiger charge is -2.20. The van der Waals surface area contributed by atoms with Crippen LogP contribution in [0.1, 0.15) is 30.9 Å². The number of ether oxygens (including phenoxy) is 1. The van der Waals surface area contributed by atoms with Gasteiger partial charge in [0.05, 0.1) is 11.9 Å². The molecule has 1 amide bonds. The lowest BCUT2D eigenvalue weighted by atomic mass is 9.92. The summed E-state index contributed by atoms with van der Waals surface area (Å²) in [5, 5.41) is 2.79. The molecule has 0 saturated heterocycles. The van der Waals surface area contributed by atoms with Crippen molar-refractivity contribution in [3.8, 4) is 5.75 Å². The van der Waals surface area contributed by atoms with Gasteiger partial charge in [0.2, 0.25) is 10.0 Å². The van der Waals surface area contributed by atoms with Gasteiger partial charge >= 0.3 is 0 Å². The van der Waals surface area contributed by atoms with E-state index in [1.165, 1.54) is 31.0 Å². The molecule has 1 aliphatic carbocycles. The maximum atomic E-state index is 12.5. The molecule has 6 nitrogen and oxygen atoms in total. The first kappa shape index (κ1) is 20.2. The molecular weight excluding hydrogens is 376 g/mol. The van der Waals surface area contributed by atoms with Crippen molar-refractivity contribution in [3.63, 3.8) is 0 Å². The molecule has 3 rings (SSSR count). The van der Waals surface area contributed by atoms with Gasteiger partial charge in [-0.05, 0) is 74.1 Å². The summed E-state index contributed by atoms with van der Waals surface area (Å²) in [5.41, 5.74) is 3.65. The number of anilines is 2. The van der Waals surface area contributed by atoms with Gasteiger partial charge in [-0.25, -0.2) is 8.42 Å². The average molecular weight is 403 g/mol. The smallest absolute Gasteiger partial charge is 0.265 e. The molecule has 0 spiro atoms. The Morgan fingerprint density at radius 3 is 2.54 bits per heavy atom. The third-order valence-corrected chi connectivity index (χ3v) is 6.18. The highest BCUT2D eigenvalue weighted by molar-refractivity contribution is 7.92. The highest BCUT2D eigenvalue weighted by Gasteiger charge is 2.18. The molecule has 1 aliphatic rings. The minimum absolute atomic E-state index is 0.295. The highest BCUT2D eigenvalue weighted by atomic mass is 32.2. The van der Waals surface area contributed by atoms with Gasteiger partial charge < -0.3 is 10.1 Å². The summed E-state index contributed by atoms with van der Waals surface area (Å²) in [5.74, 6) is 0.394. The predicted octanol–water partition coefficient (Wildman–Crippen LogP) is 3.37. The number of fused-ring (bicyclic) bond motifs is 1. The second-order valence-corrected chi connectivity index (χ2v) is 9.18. The zero-order valence-corrected chi connectivity index (χ0v) is 17.3. The summed E-state index contributed by atoms with van der Waals surface area (Å²) < 4.78 is 30.4. The third-order valence-electron chi connectivity index (χ3n) is 4.98. The summed E-state index contributed by atoms with van der Waals surface area (Å²) >= 11 is 0. The number of rotatable bonds is 6. The fourth-order valence-electron chi connectivity index (χ4n) is 3.26. The van der Waals surface area contributed by atoms with Crippen LogP contribution in [0.15, 0.2) is 42.5 Å². The Kier molecular flexibility index (Phi) is 5.93. The number of amides is 1. The van der Waals surface area contributed by atoms with Crippen LogP contribution in [-0.4, -0.2) is 33.7 Å². The van der Waals surface area contributed by atoms with E-state index in [1.54, 1.807) is 31.2 Å². The lowest BCUT2D eigenvalue weighted by Crippen LogP contribution is -2.30. The van der Waals surface area contributed by atoms with Crippen LogP contribution in [-0.2, 0) is 27.7 Å². The first-order valence-corrected chi connectivity index (χ1v) is 11.2. The standard InChI is InChI=1S/C21H26N2O4S/c1-15(27-20-12-11-16-7-4-5-8-17(16)13-20)21(24)22-18-9-6-10-19(14-18)23(2)28(3,25)26/h6,9-15H,4-5,7-8H2,1-3H3,(H,22,24)/t15-/m0/s1. The van der Waals surface area contributed by atoms with E-state index in [-0.39, 0.29) is 5.91 Å². The number of aryl methyl sites for hydroxylation is 2. The number of sulfonamides is 1. The maximum absolute atomic E-state index is 12.5. The van der Waals surface area contributed by atoms with E-state index in [1.807, 2.05) is 12.1 Å². The van der Waals surface area contributed by atoms with E-state index in [4.69, 9.17) is 4.74 Å². The van der Waals surface area contributed by atoms with Crippen molar-refractivity contribution in [1.82, 2.24) is 0 Å². The second-order valence-electron chi connectivity index (χ2n) is 7.17. The van der Waals surface area contributed by atoms with Gasteiger partial charge in [-0.2, -0.15) is 0 Å². The molecule has 7 heteroatoms. The molecule has 0 bridgehead atoms. The number of hydrogen-bond acceptors (Lipinski definition) is 4. The zero-order valence-electron chi connectivity index (χ0n) is 16.4. The van der Waals surface area contributed by atoms with E-state index in [0.29, 0.717) is 17.1 Å². The number of carbonyl (C=O) groups excluding carboxylic acids is 1. The van der Waals surface area contributed by atoms with E-state index >= 15 is 0 Å². The Balaban J connectivity index is 1.66. The minimum atomic E-state index is -3.37. The Morgan fingerprint density at radius 2 is 1.82 bits per heavy atom. The van der Waals surface area contributed by atoms with Gasteiger partial charge in [0, 0.05) is 12.7 Å². The molecule has 28 heavy (non-hydrogen) atoms. The van der Waals surface area contributed by atoms with Crippen LogP contribution in [0.3, 0.4) is 0 Å². The van der Waals surface area contributed by atoms with Gasteiger partial charge in [-0.1, -0.05) is 12.1 Å². The topological polar surface area (TPSA) is 75.7 Å². The van der Waals surface area contributed by atoms with Crippen LogP contribution in [0.5, 0.6) is 5.75 Å². The SMILES string of the molecule is C[C@H](Oc1ccc2c(c1)CCCC2)C(=O)Nc1cccc(N(C)S(C)(=O)=O)c1. The number of benzene rings is 2. The van der Waals surface area contributed by atoms with E-state index in [0.717, 1.165) is 23.4 Å². The van der Waals surface area contributed by atoms with Crippen molar-refractivity contribution in [3.05, 3.63) is 53.6 Å². The third kappa shape index (κ3) is 4.84. The first-order chi connectivity index (χ1) is 13.2. The molecule has 0 fully saturated rings. The van der Waals surface area contributed by atoms with Crippen molar-refractivity contribution in [1.29, 1.82) is 0 Å². The predicted molar refractivity (Wildman–Crippen MR) is 111 cm³/mol. The van der Waals surface area contributed by atoms with Gasteiger partial charge in [-0.3, -0.25) is 9.10 Å². The Labute approximate surface area is 166 Å². The zero-order chi connectivity index (χ0) is 20.3. The quantitative estimate of drug-likeness (QED) is 0.804. The van der Waals surface area contributed by atoms with Crippen molar-refractivity contribution < 1.29 is 17.9 Å². The van der Waals surface area contributed by atoms with Crippen molar-refractivity contribution in [2.24, 2.45) is 0 Å². The summed E-state index contributed by atoms with van der Waals surface area (Å²) in [6, 6.07) is 12.7. The minimum Gasteiger partial charge on any atom is -0.481 e. The lowest BCUT2D eigenvalue weighted by molar-refractivity contribution is -0.122. The number of hydrogen-bond donors (Lipinski definition) is 1. The number of nitrogens with zero attached hydrogens (tertiary/aromatic N) is 1. The Bertz CT molecular complexity index is 972. The van der Waals surface area contributed by atoms with Crippen LogP contribution in [0.25, 0.3) is 0 Å². The van der Waals surface area contributed by atoms with E-state index < -0.39 is 16.1 Å². The second kappa shape index (κ2) is 8.22. The van der Waals surface area contributed by atoms with E-state index in [2.05, 4.69) is 11.4 Å². The molecule has 0 radical (unpaired) electrons. The monoisotopic (exact) mass is 402 g/mol. The van der Waals surface area contributed by atoms with Crippen molar-refractivity contribution in [2.45, 2.75) is 38.7 Å². The van der Waals surface area contributed by atoms with Crippen LogP contribution in [0.2, 0.25) is 0 Å². The molecule has 0 unspecified atom stereocenters. The van der Waals surface area contributed by atoms with Gasteiger partial charge in [0.15, 0.2) is 6.10 Å². The van der Waals surface area contributed by atoms with Gasteiger partial charge in [0.25, 0.3) is 5.91 Å². The fraction of sp³-hybridized carbons (Fsp3) is 0.381. The number of carbonyl (C=O) groups is 1. The molecular formula is C21H26N2O4S. The molecule has 1 N–H and O–H groups in total. The Morgan fingerprint density at radius 1 is 1.11 bits per heavy atom. The summed E-state index contributed by atoms with van der Waals surface area (Å²) in [6.07, 6.45) is 5.01. The summed E-state index contributed by atoms with van der Waals surface area (Å²) in [6.45, 7) is 1.70. The fourth-order valence-corrected chi connectivity index (χ4v) is 3.75. The Hall–Kier alpha value is -2.54. The highest BCUT2D eigenvalue weighted by Crippen LogP contribution is 2.26. The molecule has 0 saturated carbocycles. The normalized spacial score (nSPS) is 14.7. The molecule has 2 aromatic rings. The van der Waals surface area contributed by atoms with Crippen LogP contribution in [0, 0.1) is 0 Å². The number of nitrogens with one attached hydrogen (secondary N) is 1. The molecule has 0 aromatic heterocycles. The largest absolute Gasteiger partial charge is 0.481 e.